The van der Waals surface area contributed by atoms with Crippen molar-refractivity contribution in [2.24, 2.45) is 0 Å². The molecule has 0 aliphatic rings. The van der Waals surface area contributed by atoms with Crippen molar-refractivity contribution in [1.29, 1.82) is 0 Å². The zero-order chi connectivity index (χ0) is 19.7. The van der Waals surface area contributed by atoms with Gasteiger partial charge in [0, 0.05) is 5.39 Å². The molecule has 142 valence electrons. The van der Waals surface area contributed by atoms with Gasteiger partial charge in [-0.2, -0.15) is 15.0 Å². The Morgan fingerprint density at radius 2 is 1.96 bits per heavy atom. The van der Waals surface area contributed by atoms with Crippen LogP contribution in [0.2, 0.25) is 0 Å². The smallest absolute Gasteiger partial charge is 0.247 e. The molecule has 0 radical (unpaired) electrons. The van der Waals surface area contributed by atoms with Crippen molar-refractivity contribution in [3.63, 3.8) is 0 Å². The van der Waals surface area contributed by atoms with E-state index in [4.69, 9.17) is 0 Å². The van der Waals surface area contributed by atoms with E-state index in [2.05, 4.69) is 64.8 Å². The lowest BCUT2D eigenvalue weighted by atomic mass is 9.96. The summed E-state index contributed by atoms with van der Waals surface area (Å²) in [5.74, 6) is 0.257. The molecule has 28 heavy (non-hydrogen) atoms. The summed E-state index contributed by atoms with van der Waals surface area (Å²) in [4.78, 5) is 13.9. The van der Waals surface area contributed by atoms with Crippen LogP contribution in [0.25, 0.3) is 22.0 Å². The number of benzene rings is 2. The number of aryl methyl sites for hydroxylation is 2. The molecule has 0 spiro atoms. The average molecular weight is 374 g/mol. The van der Waals surface area contributed by atoms with Gasteiger partial charge in [-0.25, -0.2) is 0 Å². The Hall–Kier alpha value is -3.48. The van der Waals surface area contributed by atoms with Crippen molar-refractivity contribution in [3.8, 4) is 11.1 Å². The van der Waals surface area contributed by atoms with Crippen molar-refractivity contribution in [2.75, 3.05) is 5.32 Å². The maximum absolute atomic E-state index is 12.3. The monoisotopic (exact) mass is 374 g/mol. The maximum atomic E-state index is 12.3. The number of amides is 1. The first-order valence-electron chi connectivity index (χ1n) is 9.27. The molecule has 0 fully saturated rings. The Kier molecular flexibility index (Phi) is 4.65. The van der Waals surface area contributed by atoms with E-state index < -0.39 is 0 Å². The number of hydrogen-bond donors (Lipinski definition) is 1. The Morgan fingerprint density at radius 1 is 1.11 bits per heavy atom. The van der Waals surface area contributed by atoms with E-state index in [1.807, 2.05) is 13.0 Å². The lowest BCUT2D eigenvalue weighted by Crippen LogP contribution is -2.19. The third-order valence-electron chi connectivity index (χ3n) is 4.94. The van der Waals surface area contributed by atoms with Crippen LogP contribution < -0.4 is 5.32 Å². The molecule has 0 bridgehead atoms. The summed E-state index contributed by atoms with van der Waals surface area (Å²) in [6.07, 6.45) is 3.34. The second-order valence-electron chi connectivity index (χ2n) is 6.79. The first-order chi connectivity index (χ1) is 13.5. The fraction of sp³-hybridized carbons (Fsp3) is 0.238. The van der Waals surface area contributed by atoms with Gasteiger partial charge in [0.2, 0.25) is 5.91 Å². The van der Waals surface area contributed by atoms with E-state index in [9.17, 15) is 4.79 Å². The predicted octanol–water partition coefficient (Wildman–Crippen LogP) is 3.57. The van der Waals surface area contributed by atoms with Crippen molar-refractivity contribution in [3.05, 3.63) is 59.9 Å². The summed E-state index contributed by atoms with van der Waals surface area (Å²) in [5, 5.41) is 16.4. The zero-order valence-electron chi connectivity index (χ0n) is 16.2. The Balaban J connectivity index is 1.56. The third kappa shape index (κ3) is 3.38. The molecule has 0 atom stereocenters. The summed E-state index contributed by atoms with van der Waals surface area (Å²) in [5.41, 5.74) is 5.82. The summed E-state index contributed by atoms with van der Waals surface area (Å²) in [6.45, 7) is 6.96. The minimum absolute atomic E-state index is 0.116. The molecule has 1 N–H and O–H groups in total. The number of hydrogen-bond acceptors (Lipinski definition) is 4. The van der Waals surface area contributed by atoms with E-state index in [1.54, 1.807) is 17.1 Å². The van der Waals surface area contributed by atoms with Gasteiger partial charge in [0.25, 0.3) is 0 Å². The molecule has 0 saturated heterocycles. The van der Waals surface area contributed by atoms with Crippen LogP contribution in [-0.2, 0) is 17.9 Å². The number of carbonyl (C=O) groups excluding carboxylic acids is 1. The zero-order valence-corrected chi connectivity index (χ0v) is 16.2. The van der Waals surface area contributed by atoms with Crippen molar-refractivity contribution in [2.45, 2.75) is 33.9 Å². The molecule has 4 rings (SSSR count). The first kappa shape index (κ1) is 17.9. The number of nitrogens with one attached hydrogen (secondary N) is 1. The standard InChI is InChI=1S/C21H22N6O/c1-4-27-23-12-20(25-27)24-21(28)13-26-19-9-8-16(10-17(19)11-22-26)18-7-5-6-14(2)15(18)3/h5-12H,4,13H2,1-3H3,(H,24,25,28). The van der Waals surface area contributed by atoms with Crippen molar-refractivity contribution < 1.29 is 4.79 Å². The minimum Gasteiger partial charge on any atom is -0.306 e. The maximum Gasteiger partial charge on any atom is 0.247 e. The van der Waals surface area contributed by atoms with Crippen LogP contribution in [0.3, 0.4) is 0 Å². The van der Waals surface area contributed by atoms with E-state index >= 15 is 0 Å². The fourth-order valence-corrected chi connectivity index (χ4v) is 3.27. The average Bonchev–Trinajstić information content (AvgIpc) is 3.30. The number of anilines is 1. The topological polar surface area (TPSA) is 77.6 Å². The van der Waals surface area contributed by atoms with E-state index in [-0.39, 0.29) is 12.5 Å². The van der Waals surface area contributed by atoms with Crippen LogP contribution in [-0.4, -0.2) is 30.7 Å². The normalized spacial score (nSPS) is 11.1. The molecule has 0 aliphatic carbocycles. The SMILES string of the molecule is CCn1ncc(NC(=O)Cn2ncc3cc(-c4cccc(C)c4C)ccc32)n1. The molecular formula is C21H22N6O. The highest BCUT2D eigenvalue weighted by atomic mass is 16.2. The number of carbonyl (C=O) groups is 1. The molecule has 2 aromatic heterocycles. The van der Waals surface area contributed by atoms with Gasteiger partial charge in [-0.1, -0.05) is 24.3 Å². The Labute approximate surface area is 163 Å². The largest absolute Gasteiger partial charge is 0.306 e. The van der Waals surface area contributed by atoms with Gasteiger partial charge in [-0.05, 0) is 55.2 Å². The fourth-order valence-electron chi connectivity index (χ4n) is 3.27. The second kappa shape index (κ2) is 7.26. The number of aromatic nitrogens is 5. The molecule has 2 aromatic carbocycles. The van der Waals surface area contributed by atoms with E-state index in [0.717, 1.165) is 16.5 Å². The quantitative estimate of drug-likeness (QED) is 0.579. The van der Waals surface area contributed by atoms with Crippen LogP contribution in [0.15, 0.2) is 48.8 Å². The third-order valence-corrected chi connectivity index (χ3v) is 4.94. The number of nitrogens with zero attached hydrogens (tertiary/aromatic N) is 5. The van der Waals surface area contributed by atoms with Crippen LogP contribution >= 0.6 is 0 Å². The van der Waals surface area contributed by atoms with Gasteiger partial charge in [-0.3, -0.25) is 9.48 Å². The summed E-state index contributed by atoms with van der Waals surface area (Å²) < 4.78 is 1.70. The Bertz CT molecular complexity index is 1160. The molecule has 1 amide bonds. The summed E-state index contributed by atoms with van der Waals surface area (Å²) >= 11 is 0. The molecule has 0 saturated carbocycles. The van der Waals surface area contributed by atoms with Gasteiger partial charge in [0.15, 0.2) is 5.82 Å². The highest BCUT2D eigenvalue weighted by Gasteiger charge is 2.11. The molecule has 4 aromatic rings. The lowest BCUT2D eigenvalue weighted by Gasteiger charge is -2.09. The molecule has 0 unspecified atom stereocenters. The molecular weight excluding hydrogens is 352 g/mol. The Morgan fingerprint density at radius 3 is 2.75 bits per heavy atom. The van der Waals surface area contributed by atoms with Crippen molar-refractivity contribution in [1.82, 2.24) is 24.8 Å². The molecule has 7 nitrogen and oxygen atoms in total. The highest BCUT2D eigenvalue weighted by molar-refractivity contribution is 5.91. The van der Waals surface area contributed by atoms with Gasteiger partial charge >= 0.3 is 0 Å². The van der Waals surface area contributed by atoms with E-state index in [0.29, 0.717) is 12.4 Å². The van der Waals surface area contributed by atoms with Gasteiger partial charge in [0.05, 0.1) is 24.5 Å². The van der Waals surface area contributed by atoms with Crippen LogP contribution in [0, 0.1) is 13.8 Å². The summed E-state index contributed by atoms with van der Waals surface area (Å²) in [7, 11) is 0. The molecule has 7 heteroatoms. The van der Waals surface area contributed by atoms with Crippen LogP contribution in [0.4, 0.5) is 5.82 Å². The second-order valence-corrected chi connectivity index (χ2v) is 6.79. The lowest BCUT2D eigenvalue weighted by molar-refractivity contribution is -0.116. The van der Waals surface area contributed by atoms with Gasteiger partial charge < -0.3 is 5.32 Å². The van der Waals surface area contributed by atoms with E-state index in [1.165, 1.54) is 21.5 Å². The van der Waals surface area contributed by atoms with Crippen LogP contribution in [0.1, 0.15) is 18.1 Å². The highest BCUT2D eigenvalue weighted by Crippen LogP contribution is 2.28. The van der Waals surface area contributed by atoms with Gasteiger partial charge in [0.1, 0.15) is 6.54 Å². The van der Waals surface area contributed by atoms with Crippen LogP contribution in [0.5, 0.6) is 0 Å². The summed E-state index contributed by atoms with van der Waals surface area (Å²) in [6, 6.07) is 12.5. The number of fused-ring (bicyclic) bond motifs is 1. The molecule has 2 heterocycles. The predicted molar refractivity (Wildman–Crippen MR) is 109 cm³/mol. The molecule has 0 aliphatic heterocycles. The minimum atomic E-state index is -0.188. The van der Waals surface area contributed by atoms with Crippen molar-refractivity contribution >= 4 is 22.6 Å². The first-order valence-corrected chi connectivity index (χ1v) is 9.27. The van der Waals surface area contributed by atoms with Gasteiger partial charge in [-0.15, -0.1) is 5.10 Å². The number of rotatable bonds is 5.